The molecule has 2 aliphatic rings. The number of halogens is 3. The number of alkyl halides is 3. The normalized spacial score (nSPS) is 23.3. The van der Waals surface area contributed by atoms with E-state index in [1.807, 2.05) is 0 Å². The number of benzene rings is 1. The minimum Gasteiger partial charge on any atom is -0.442 e. The Morgan fingerprint density at radius 1 is 1.38 bits per heavy atom. The first-order valence-corrected chi connectivity index (χ1v) is 8.95. The summed E-state index contributed by atoms with van der Waals surface area (Å²) in [5, 5.41) is 2.51. The predicted molar refractivity (Wildman–Crippen MR) is 95.6 cm³/mol. The van der Waals surface area contributed by atoms with E-state index < -0.39 is 29.2 Å². The van der Waals surface area contributed by atoms with Crippen LogP contribution in [-0.4, -0.2) is 62.1 Å². The van der Waals surface area contributed by atoms with Gasteiger partial charge in [0.2, 0.25) is 0 Å². The Morgan fingerprint density at radius 3 is 2.88 bits per heavy atom. The second-order valence-corrected chi connectivity index (χ2v) is 6.98. The highest BCUT2D eigenvalue weighted by Crippen LogP contribution is 2.28. The van der Waals surface area contributed by atoms with E-state index in [9.17, 15) is 14.0 Å². The lowest BCUT2D eigenvalue weighted by Gasteiger charge is -2.32. The van der Waals surface area contributed by atoms with Crippen LogP contribution in [0.5, 0.6) is 0 Å². The third kappa shape index (κ3) is 4.31. The highest BCUT2D eigenvalue weighted by Gasteiger charge is 2.33. The Hall–Kier alpha value is -1.77. The van der Waals surface area contributed by atoms with E-state index >= 15 is 0 Å². The Kier molecular flexibility index (Phi) is 6.05. The molecule has 3 rings (SSSR count). The van der Waals surface area contributed by atoms with Crippen molar-refractivity contribution in [2.24, 2.45) is 0 Å². The van der Waals surface area contributed by atoms with Gasteiger partial charge in [0.25, 0.3) is 5.91 Å². The van der Waals surface area contributed by atoms with Gasteiger partial charge in [-0.2, -0.15) is 0 Å². The van der Waals surface area contributed by atoms with Crippen LogP contribution in [0.4, 0.5) is 20.6 Å². The SMILES string of the molecule is O=C(NC[C@H]1CN(c2cccc(N3CCOCC3F)c2)C(=O)O1)C(Cl)Cl. The van der Waals surface area contributed by atoms with Crippen molar-refractivity contribution in [2.75, 3.05) is 42.6 Å². The molecule has 1 aromatic carbocycles. The summed E-state index contributed by atoms with van der Waals surface area (Å²) in [6.07, 6.45) is -2.29. The van der Waals surface area contributed by atoms with Crippen LogP contribution in [-0.2, 0) is 14.3 Å². The first-order valence-electron chi connectivity index (χ1n) is 8.08. The fourth-order valence-electron chi connectivity index (χ4n) is 2.83. The molecule has 7 nitrogen and oxygen atoms in total. The summed E-state index contributed by atoms with van der Waals surface area (Å²) in [6, 6.07) is 7.00. The number of hydrogen-bond acceptors (Lipinski definition) is 5. The summed E-state index contributed by atoms with van der Waals surface area (Å²) >= 11 is 10.9. The zero-order chi connectivity index (χ0) is 18.7. The van der Waals surface area contributed by atoms with Crippen molar-refractivity contribution in [3.05, 3.63) is 24.3 Å². The topological polar surface area (TPSA) is 71.1 Å². The highest BCUT2D eigenvalue weighted by molar-refractivity contribution is 6.53. The van der Waals surface area contributed by atoms with Crippen molar-refractivity contribution < 1.29 is 23.5 Å². The van der Waals surface area contributed by atoms with E-state index in [0.29, 0.717) is 24.5 Å². The molecule has 2 heterocycles. The molecule has 26 heavy (non-hydrogen) atoms. The van der Waals surface area contributed by atoms with Gasteiger partial charge in [0.15, 0.2) is 11.1 Å². The molecule has 2 atom stereocenters. The molecule has 0 radical (unpaired) electrons. The molecular weight excluding hydrogens is 388 g/mol. The largest absolute Gasteiger partial charge is 0.442 e. The lowest BCUT2D eigenvalue weighted by Crippen LogP contribution is -2.43. The number of anilines is 2. The highest BCUT2D eigenvalue weighted by atomic mass is 35.5. The van der Waals surface area contributed by atoms with Gasteiger partial charge in [0.1, 0.15) is 6.10 Å². The molecule has 2 aliphatic heterocycles. The number of ether oxygens (including phenoxy) is 2. The number of morpholine rings is 1. The van der Waals surface area contributed by atoms with Crippen molar-refractivity contribution in [3.63, 3.8) is 0 Å². The van der Waals surface area contributed by atoms with Gasteiger partial charge in [0.05, 0.1) is 26.3 Å². The summed E-state index contributed by atoms with van der Waals surface area (Å²) in [5.74, 6) is -0.550. The fourth-order valence-corrected chi connectivity index (χ4v) is 2.99. The summed E-state index contributed by atoms with van der Waals surface area (Å²) in [4.78, 5) is 25.4. The number of hydrogen-bond donors (Lipinski definition) is 1. The maximum atomic E-state index is 14.1. The average molecular weight is 406 g/mol. The lowest BCUT2D eigenvalue weighted by atomic mass is 10.2. The first kappa shape index (κ1) is 19.0. The van der Waals surface area contributed by atoms with Gasteiger partial charge in [0, 0.05) is 17.9 Å². The van der Waals surface area contributed by atoms with Crippen LogP contribution in [0.25, 0.3) is 0 Å². The monoisotopic (exact) mass is 405 g/mol. The molecule has 142 valence electrons. The average Bonchev–Trinajstić information content (AvgIpc) is 3.01. The van der Waals surface area contributed by atoms with Crippen LogP contribution >= 0.6 is 23.2 Å². The fraction of sp³-hybridized carbons (Fsp3) is 0.500. The number of carbonyl (C=O) groups is 2. The number of nitrogens with zero attached hydrogens (tertiary/aromatic N) is 2. The van der Waals surface area contributed by atoms with Crippen molar-refractivity contribution in [3.8, 4) is 0 Å². The summed E-state index contributed by atoms with van der Waals surface area (Å²) in [6.45, 7) is 1.24. The molecule has 0 aromatic heterocycles. The molecule has 2 saturated heterocycles. The molecule has 1 aromatic rings. The van der Waals surface area contributed by atoms with Gasteiger partial charge in [-0.3, -0.25) is 9.69 Å². The van der Waals surface area contributed by atoms with Crippen molar-refractivity contribution in [2.45, 2.75) is 17.2 Å². The van der Waals surface area contributed by atoms with Gasteiger partial charge in [-0.1, -0.05) is 29.3 Å². The summed E-state index contributed by atoms with van der Waals surface area (Å²) in [7, 11) is 0. The molecular formula is C16H18Cl2FN3O4. The molecule has 10 heteroatoms. The van der Waals surface area contributed by atoms with Crippen molar-refractivity contribution in [1.82, 2.24) is 5.32 Å². The van der Waals surface area contributed by atoms with Crippen LogP contribution in [0, 0.1) is 0 Å². The Balaban J connectivity index is 1.66. The summed E-state index contributed by atoms with van der Waals surface area (Å²) < 4.78 is 24.4. The third-order valence-corrected chi connectivity index (χ3v) is 4.52. The molecule has 2 amide bonds. The smallest absolute Gasteiger partial charge is 0.414 e. The van der Waals surface area contributed by atoms with Gasteiger partial charge < -0.3 is 19.7 Å². The number of carbonyl (C=O) groups excluding carboxylic acids is 2. The van der Waals surface area contributed by atoms with E-state index in [4.69, 9.17) is 32.7 Å². The number of rotatable bonds is 5. The molecule has 0 spiro atoms. The van der Waals surface area contributed by atoms with Gasteiger partial charge in [-0.05, 0) is 18.2 Å². The van der Waals surface area contributed by atoms with E-state index in [1.54, 1.807) is 29.2 Å². The zero-order valence-corrected chi connectivity index (χ0v) is 15.3. The Bertz CT molecular complexity index is 679. The molecule has 1 N–H and O–H groups in total. The quantitative estimate of drug-likeness (QED) is 0.599. The van der Waals surface area contributed by atoms with Crippen LogP contribution in [0.3, 0.4) is 0 Å². The van der Waals surface area contributed by atoms with Gasteiger partial charge >= 0.3 is 6.09 Å². The first-order chi connectivity index (χ1) is 12.5. The third-order valence-electron chi connectivity index (χ3n) is 4.12. The minimum atomic E-state index is -1.23. The standard InChI is InChI=1S/C16H18Cl2FN3O4/c17-14(18)15(23)20-7-12-8-22(16(24)26-12)11-3-1-2-10(6-11)21-4-5-25-9-13(21)19/h1-3,6,12-14H,4-5,7-9H2,(H,20,23)/t12-,13?/m0/s1. The predicted octanol–water partition coefficient (Wildman–Crippen LogP) is 2.06. The van der Waals surface area contributed by atoms with Gasteiger partial charge in [-0.25, -0.2) is 9.18 Å². The maximum absolute atomic E-state index is 14.1. The number of nitrogens with one attached hydrogen (secondary N) is 1. The second kappa shape index (κ2) is 8.28. The number of cyclic esters (lactones) is 1. The number of amides is 2. The van der Waals surface area contributed by atoms with Gasteiger partial charge in [-0.15, -0.1) is 0 Å². The van der Waals surface area contributed by atoms with Crippen molar-refractivity contribution >= 4 is 46.6 Å². The second-order valence-electron chi connectivity index (χ2n) is 5.88. The van der Waals surface area contributed by atoms with E-state index in [1.165, 1.54) is 4.90 Å². The lowest BCUT2D eigenvalue weighted by molar-refractivity contribution is -0.119. The summed E-state index contributed by atoms with van der Waals surface area (Å²) in [5.41, 5.74) is 1.25. The zero-order valence-electron chi connectivity index (χ0n) is 13.7. The van der Waals surface area contributed by atoms with Crippen LogP contribution in [0.15, 0.2) is 24.3 Å². The van der Waals surface area contributed by atoms with E-state index in [-0.39, 0.29) is 19.7 Å². The molecule has 0 bridgehead atoms. The molecule has 0 saturated carbocycles. The van der Waals surface area contributed by atoms with Crippen LogP contribution in [0.2, 0.25) is 0 Å². The Morgan fingerprint density at radius 2 is 2.15 bits per heavy atom. The minimum absolute atomic E-state index is 0.0138. The molecule has 1 unspecified atom stereocenters. The maximum Gasteiger partial charge on any atom is 0.414 e. The molecule has 2 fully saturated rings. The van der Waals surface area contributed by atoms with E-state index in [2.05, 4.69) is 5.32 Å². The van der Waals surface area contributed by atoms with Crippen LogP contribution < -0.4 is 15.1 Å². The van der Waals surface area contributed by atoms with E-state index in [0.717, 1.165) is 0 Å². The Labute approximate surface area is 159 Å². The molecule has 0 aliphatic carbocycles. The van der Waals surface area contributed by atoms with Crippen molar-refractivity contribution in [1.29, 1.82) is 0 Å². The van der Waals surface area contributed by atoms with Crippen LogP contribution in [0.1, 0.15) is 0 Å².